The van der Waals surface area contributed by atoms with Crippen LogP contribution in [0.5, 0.6) is 0 Å². The van der Waals surface area contributed by atoms with E-state index in [9.17, 15) is 5.11 Å². The van der Waals surface area contributed by atoms with Crippen LogP contribution in [0.1, 0.15) is 29.2 Å². The van der Waals surface area contributed by atoms with E-state index < -0.39 is 6.10 Å². The first-order valence-electron chi connectivity index (χ1n) is 6.80. The summed E-state index contributed by atoms with van der Waals surface area (Å²) in [4.78, 5) is 0. The molecule has 2 heteroatoms. The molecule has 20 heavy (non-hydrogen) atoms. The SMILES string of the molecule is NCCC(O)c1cccc(C#CCc2ccccc2)c1. The van der Waals surface area contributed by atoms with Gasteiger partial charge in [-0.1, -0.05) is 54.3 Å². The maximum Gasteiger partial charge on any atom is 0.0802 e. The lowest BCUT2D eigenvalue weighted by molar-refractivity contribution is 0.170. The summed E-state index contributed by atoms with van der Waals surface area (Å²) in [7, 11) is 0. The van der Waals surface area contributed by atoms with E-state index >= 15 is 0 Å². The lowest BCUT2D eigenvalue weighted by Gasteiger charge is -2.09. The van der Waals surface area contributed by atoms with Gasteiger partial charge in [0.25, 0.3) is 0 Å². The molecule has 2 nitrogen and oxygen atoms in total. The second kappa shape index (κ2) is 7.49. The number of aliphatic hydroxyl groups excluding tert-OH is 1. The van der Waals surface area contributed by atoms with E-state index in [2.05, 4.69) is 24.0 Å². The van der Waals surface area contributed by atoms with Crippen molar-refractivity contribution in [3.63, 3.8) is 0 Å². The minimum absolute atomic E-state index is 0.477. The molecule has 0 amide bonds. The van der Waals surface area contributed by atoms with E-state index in [1.54, 1.807) is 0 Å². The van der Waals surface area contributed by atoms with Crippen LogP contribution in [-0.4, -0.2) is 11.7 Å². The van der Waals surface area contributed by atoms with Crippen molar-refractivity contribution in [1.29, 1.82) is 0 Å². The number of rotatable bonds is 4. The van der Waals surface area contributed by atoms with Crippen molar-refractivity contribution < 1.29 is 5.11 Å². The summed E-state index contributed by atoms with van der Waals surface area (Å²) < 4.78 is 0. The maximum atomic E-state index is 9.92. The molecule has 2 aromatic rings. The Kier molecular flexibility index (Phi) is 5.37. The van der Waals surface area contributed by atoms with Gasteiger partial charge in [-0.15, -0.1) is 0 Å². The Balaban J connectivity index is 2.05. The van der Waals surface area contributed by atoms with Crippen LogP contribution in [0.4, 0.5) is 0 Å². The molecule has 0 aliphatic carbocycles. The van der Waals surface area contributed by atoms with Crippen molar-refractivity contribution in [1.82, 2.24) is 0 Å². The standard InChI is InChI=1S/C18H19NO/c19-13-12-18(20)17-11-5-10-16(14-17)9-4-8-15-6-2-1-3-7-15/h1-3,5-7,10-11,14,18,20H,8,12-13,19H2. The molecule has 0 heterocycles. The Morgan fingerprint density at radius 2 is 1.85 bits per heavy atom. The highest BCUT2D eigenvalue weighted by Crippen LogP contribution is 2.16. The molecule has 0 aromatic heterocycles. The normalized spacial score (nSPS) is 11.5. The molecular weight excluding hydrogens is 246 g/mol. The summed E-state index contributed by atoms with van der Waals surface area (Å²) in [6.07, 6.45) is 0.799. The molecule has 2 rings (SSSR count). The van der Waals surface area contributed by atoms with Crippen LogP contribution in [0.25, 0.3) is 0 Å². The van der Waals surface area contributed by atoms with Gasteiger partial charge < -0.3 is 10.8 Å². The van der Waals surface area contributed by atoms with Crippen molar-refractivity contribution in [2.45, 2.75) is 18.9 Å². The van der Waals surface area contributed by atoms with Gasteiger partial charge in [0, 0.05) is 12.0 Å². The van der Waals surface area contributed by atoms with Gasteiger partial charge in [-0.05, 0) is 36.2 Å². The Morgan fingerprint density at radius 3 is 2.60 bits per heavy atom. The van der Waals surface area contributed by atoms with Gasteiger partial charge in [0.05, 0.1) is 6.10 Å². The quantitative estimate of drug-likeness (QED) is 0.835. The van der Waals surface area contributed by atoms with Crippen LogP contribution in [0.2, 0.25) is 0 Å². The minimum Gasteiger partial charge on any atom is -0.388 e. The molecule has 0 spiro atoms. The second-order valence-corrected chi connectivity index (χ2v) is 4.68. The lowest BCUT2D eigenvalue weighted by atomic mass is 10.0. The third kappa shape index (κ3) is 4.24. The van der Waals surface area contributed by atoms with Gasteiger partial charge in [-0.25, -0.2) is 0 Å². The van der Waals surface area contributed by atoms with Crippen LogP contribution in [0.3, 0.4) is 0 Å². The predicted octanol–water partition coefficient (Wildman–Crippen LogP) is 2.66. The molecule has 1 unspecified atom stereocenters. The summed E-state index contributed by atoms with van der Waals surface area (Å²) in [5.74, 6) is 6.30. The van der Waals surface area contributed by atoms with Gasteiger partial charge in [-0.2, -0.15) is 0 Å². The fourth-order valence-electron chi connectivity index (χ4n) is 1.99. The largest absolute Gasteiger partial charge is 0.388 e. The molecular formula is C18H19NO. The van der Waals surface area contributed by atoms with Gasteiger partial charge in [0.1, 0.15) is 0 Å². The van der Waals surface area contributed by atoms with Crippen LogP contribution in [-0.2, 0) is 6.42 Å². The zero-order chi connectivity index (χ0) is 14.2. The van der Waals surface area contributed by atoms with Crippen LogP contribution in [0, 0.1) is 11.8 Å². The highest BCUT2D eigenvalue weighted by atomic mass is 16.3. The van der Waals surface area contributed by atoms with E-state index in [1.165, 1.54) is 5.56 Å². The van der Waals surface area contributed by atoms with Crippen molar-refractivity contribution in [3.05, 3.63) is 71.3 Å². The molecule has 3 N–H and O–H groups in total. The molecule has 0 bridgehead atoms. The highest BCUT2D eigenvalue weighted by Gasteiger charge is 2.05. The molecule has 0 aliphatic rings. The number of hydrogen-bond acceptors (Lipinski definition) is 2. The lowest BCUT2D eigenvalue weighted by Crippen LogP contribution is -2.06. The van der Waals surface area contributed by atoms with Crippen molar-refractivity contribution in [2.75, 3.05) is 6.54 Å². The summed E-state index contributed by atoms with van der Waals surface area (Å²) in [5, 5.41) is 9.92. The fourth-order valence-corrected chi connectivity index (χ4v) is 1.99. The third-order valence-corrected chi connectivity index (χ3v) is 3.08. The first-order valence-corrected chi connectivity index (χ1v) is 6.80. The minimum atomic E-state index is -0.504. The molecule has 2 aromatic carbocycles. The van der Waals surface area contributed by atoms with Gasteiger partial charge in [-0.3, -0.25) is 0 Å². The second-order valence-electron chi connectivity index (χ2n) is 4.68. The molecule has 0 saturated carbocycles. The average molecular weight is 265 g/mol. The number of aliphatic hydroxyl groups is 1. The number of nitrogens with two attached hydrogens (primary N) is 1. The van der Waals surface area contributed by atoms with Crippen molar-refractivity contribution >= 4 is 0 Å². The molecule has 0 fully saturated rings. The Labute approximate surface area is 120 Å². The van der Waals surface area contributed by atoms with E-state index in [1.807, 2.05) is 42.5 Å². The van der Waals surface area contributed by atoms with E-state index in [-0.39, 0.29) is 0 Å². The summed E-state index contributed by atoms with van der Waals surface area (Å²) >= 11 is 0. The van der Waals surface area contributed by atoms with E-state index in [0.717, 1.165) is 17.5 Å². The third-order valence-electron chi connectivity index (χ3n) is 3.08. The maximum absolute atomic E-state index is 9.92. The molecule has 102 valence electrons. The van der Waals surface area contributed by atoms with Crippen LogP contribution >= 0.6 is 0 Å². The molecule has 1 atom stereocenters. The topological polar surface area (TPSA) is 46.2 Å². The monoisotopic (exact) mass is 265 g/mol. The van der Waals surface area contributed by atoms with Crippen LogP contribution < -0.4 is 5.73 Å². The average Bonchev–Trinajstić information content (AvgIpc) is 2.49. The zero-order valence-corrected chi connectivity index (χ0v) is 11.4. The Bertz CT molecular complexity index is 596. The number of hydrogen-bond donors (Lipinski definition) is 2. The fraction of sp³-hybridized carbons (Fsp3) is 0.222. The van der Waals surface area contributed by atoms with Crippen LogP contribution in [0.15, 0.2) is 54.6 Å². The van der Waals surface area contributed by atoms with Crippen molar-refractivity contribution in [3.8, 4) is 11.8 Å². The molecule has 0 saturated heterocycles. The molecule has 0 radical (unpaired) electrons. The smallest absolute Gasteiger partial charge is 0.0802 e. The zero-order valence-electron chi connectivity index (χ0n) is 11.4. The summed E-state index contributed by atoms with van der Waals surface area (Å²) in [6, 6.07) is 17.9. The molecule has 0 aliphatic heterocycles. The first kappa shape index (κ1) is 14.3. The Morgan fingerprint density at radius 1 is 1.05 bits per heavy atom. The van der Waals surface area contributed by atoms with E-state index in [0.29, 0.717) is 13.0 Å². The number of benzene rings is 2. The predicted molar refractivity (Wildman–Crippen MR) is 82.1 cm³/mol. The summed E-state index contributed by atoms with van der Waals surface area (Å²) in [5.41, 5.74) is 8.47. The summed E-state index contributed by atoms with van der Waals surface area (Å²) in [6.45, 7) is 0.477. The van der Waals surface area contributed by atoms with Gasteiger partial charge >= 0.3 is 0 Å². The highest BCUT2D eigenvalue weighted by molar-refractivity contribution is 5.38. The van der Waals surface area contributed by atoms with Gasteiger partial charge in [0.2, 0.25) is 0 Å². The first-order chi connectivity index (χ1) is 9.79. The van der Waals surface area contributed by atoms with E-state index in [4.69, 9.17) is 5.73 Å². The Hall–Kier alpha value is -2.08. The van der Waals surface area contributed by atoms with Gasteiger partial charge in [0.15, 0.2) is 0 Å². The van der Waals surface area contributed by atoms with Crippen molar-refractivity contribution in [2.24, 2.45) is 5.73 Å².